The number of hydrogen-bond donors (Lipinski definition) is 1. The number of pyridine rings is 1. The molecule has 1 aliphatic heterocycles. The molecule has 3 heterocycles. The molecule has 2 aromatic heterocycles. The Labute approximate surface area is 111 Å². The van der Waals surface area contributed by atoms with E-state index in [1.165, 1.54) is 0 Å². The van der Waals surface area contributed by atoms with Gasteiger partial charge in [-0.2, -0.15) is 0 Å². The zero-order valence-electron chi connectivity index (χ0n) is 10.4. The van der Waals surface area contributed by atoms with Gasteiger partial charge in [-0.25, -0.2) is 4.98 Å². The monoisotopic (exact) mass is 263 g/mol. The second-order valence-corrected chi connectivity index (χ2v) is 5.75. The first-order chi connectivity index (χ1) is 8.79. The number of thioether (sulfide) groups is 1. The highest BCUT2D eigenvalue weighted by atomic mass is 32.2. The standard InChI is InChI=1S/C13H17N3OS/c1-9-11(5-7-17-9)18-13-10(8-14)16-6-3-2-4-12(16)15-13/h2-4,6,9,11H,5,7-8,14H2,1H3. The number of nitrogens with zero attached hydrogens (tertiary/aromatic N) is 2. The number of aromatic nitrogens is 2. The first-order valence-corrected chi connectivity index (χ1v) is 7.12. The number of rotatable bonds is 3. The van der Waals surface area contributed by atoms with E-state index in [1.54, 1.807) is 11.8 Å². The Morgan fingerprint density at radius 1 is 1.56 bits per heavy atom. The SMILES string of the molecule is CC1OCCC1Sc1nc2ccccn2c1CN. The van der Waals surface area contributed by atoms with Gasteiger partial charge in [-0.3, -0.25) is 0 Å². The van der Waals surface area contributed by atoms with E-state index in [1.807, 2.05) is 24.4 Å². The van der Waals surface area contributed by atoms with Crippen LogP contribution in [0.1, 0.15) is 19.0 Å². The maximum absolute atomic E-state index is 5.86. The lowest BCUT2D eigenvalue weighted by atomic mass is 10.3. The van der Waals surface area contributed by atoms with Gasteiger partial charge in [-0.1, -0.05) is 17.8 Å². The summed E-state index contributed by atoms with van der Waals surface area (Å²) in [4.78, 5) is 4.67. The van der Waals surface area contributed by atoms with Crippen molar-refractivity contribution < 1.29 is 4.74 Å². The molecule has 1 aliphatic rings. The van der Waals surface area contributed by atoms with Crippen molar-refractivity contribution in [2.75, 3.05) is 6.61 Å². The van der Waals surface area contributed by atoms with Gasteiger partial charge in [0.15, 0.2) is 0 Å². The van der Waals surface area contributed by atoms with Gasteiger partial charge in [-0.05, 0) is 25.5 Å². The molecule has 2 unspecified atom stereocenters. The molecular formula is C13H17N3OS. The molecule has 3 rings (SSSR count). The summed E-state index contributed by atoms with van der Waals surface area (Å²) in [5.74, 6) is 0. The van der Waals surface area contributed by atoms with Crippen LogP contribution in [0.15, 0.2) is 29.4 Å². The van der Waals surface area contributed by atoms with Crippen molar-refractivity contribution in [3.8, 4) is 0 Å². The molecule has 1 saturated heterocycles. The molecule has 0 bridgehead atoms. The van der Waals surface area contributed by atoms with Crippen LogP contribution < -0.4 is 5.73 Å². The summed E-state index contributed by atoms with van der Waals surface area (Å²) in [5.41, 5.74) is 7.92. The molecular weight excluding hydrogens is 246 g/mol. The Hall–Kier alpha value is -1.04. The second kappa shape index (κ2) is 4.91. The van der Waals surface area contributed by atoms with Crippen LogP contribution in [0.5, 0.6) is 0 Å². The highest BCUT2D eigenvalue weighted by molar-refractivity contribution is 8.00. The zero-order chi connectivity index (χ0) is 12.5. The number of hydrogen-bond acceptors (Lipinski definition) is 4. The molecule has 0 aromatic carbocycles. The highest BCUT2D eigenvalue weighted by Crippen LogP contribution is 2.34. The van der Waals surface area contributed by atoms with Crippen LogP contribution in [-0.2, 0) is 11.3 Å². The van der Waals surface area contributed by atoms with Crippen molar-refractivity contribution in [2.45, 2.75) is 36.3 Å². The molecule has 18 heavy (non-hydrogen) atoms. The average Bonchev–Trinajstić information content (AvgIpc) is 2.93. The van der Waals surface area contributed by atoms with Gasteiger partial charge in [0.05, 0.1) is 11.8 Å². The number of ether oxygens (including phenoxy) is 1. The summed E-state index contributed by atoms with van der Waals surface area (Å²) >= 11 is 1.80. The fourth-order valence-corrected chi connectivity index (χ4v) is 3.55. The first-order valence-electron chi connectivity index (χ1n) is 6.24. The van der Waals surface area contributed by atoms with E-state index in [-0.39, 0.29) is 0 Å². The molecule has 0 amide bonds. The third kappa shape index (κ3) is 2.02. The summed E-state index contributed by atoms with van der Waals surface area (Å²) in [7, 11) is 0. The minimum atomic E-state index is 0.297. The lowest BCUT2D eigenvalue weighted by Gasteiger charge is -2.12. The maximum Gasteiger partial charge on any atom is 0.138 e. The molecule has 2 N–H and O–H groups in total. The molecule has 4 nitrogen and oxygen atoms in total. The summed E-state index contributed by atoms with van der Waals surface area (Å²) in [6.45, 7) is 3.49. The van der Waals surface area contributed by atoms with Crippen LogP contribution in [0.4, 0.5) is 0 Å². The Morgan fingerprint density at radius 3 is 3.17 bits per heavy atom. The number of nitrogens with two attached hydrogens (primary N) is 1. The van der Waals surface area contributed by atoms with E-state index in [2.05, 4.69) is 16.3 Å². The lowest BCUT2D eigenvalue weighted by Crippen LogP contribution is -2.14. The predicted molar refractivity (Wildman–Crippen MR) is 72.8 cm³/mol. The topological polar surface area (TPSA) is 52.5 Å². The van der Waals surface area contributed by atoms with Crippen molar-refractivity contribution in [2.24, 2.45) is 5.73 Å². The smallest absolute Gasteiger partial charge is 0.138 e. The molecule has 96 valence electrons. The van der Waals surface area contributed by atoms with Crippen LogP contribution in [0.3, 0.4) is 0 Å². The Kier molecular flexibility index (Phi) is 3.28. The normalized spacial score (nSPS) is 23.9. The van der Waals surface area contributed by atoms with Gasteiger partial charge in [0.1, 0.15) is 10.7 Å². The summed E-state index contributed by atoms with van der Waals surface area (Å²) in [5, 5.41) is 1.53. The van der Waals surface area contributed by atoms with Crippen LogP contribution in [0.2, 0.25) is 0 Å². The van der Waals surface area contributed by atoms with Gasteiger partial charge in [0.25, 0.3) is 0 Å². The first kappa shape index (κ1) is 12.0. The molecule has 1 fully saturated rings. The molecule has 0 radical (unpaired) electrons. The van der Waals surface area contributed by atoms with E-state index in [0.29, 0.717) is 17.9 Å². The van der Waals surface area contributed by atoms with Crippen LogP contribution in [-0.4, -0.2) is 27.3 Å². The van der Waals surface area contributed by atoms with Gasteiger partial charge in [0.2, 0.25) is 0 Å². The summed E-state index contributed by atoms with van der Waals surface area (Å²) in [6.07, 6.45) is 3.40. The van der Waals surface area contributed by atoms with Crippen molar-refractivity contribution in [1.29, 1.82) is 0 Å². The second-order valence-electron chi connectivity index (χ2n) is 4.52. The molecule has 2 atom stereocenters. The van der Waals surface area contributed by atoms with Gasteiger partial charge >= 0.3 is 0 Å². The van der Waals surface area contributed by atoms with Gasteiger partial charge in [-0.15, -0.1) is 0 Å². The van der Waals surface area contributed by atoms with Crippen molar-refractivity contribution in [3.63, 3.8) is 0 Å². The van der Waals surface area contributed by atoms with E-state index >= 15 is 0 Å². The fraction of sp³-hybridized carbons (Fsp3) is 0.462. The Morgan fingerprint density at radius 2 is 2.44 bits per heavy atom. The Bertz CT molecular complexity index is 554. The number of fused-ring (bicyclic) bond motifs is 1. The molecule has 2 aromatic rings. The van der Waals surface area contributed by atoms with Crippen molar-refractivity contribution >= 4 is 17.4 Å². The predicted octanol–water partition coefficient (Wildman–Crippen LogP) is 2.06. The zero-order valence-corrected chi connectivity index (χ0v) is 11.2. The Balaban J connectivity index is 1.95. The summed E-state index contributed by atoms with van der Waals surface area (Å²) in [6, 6.07) is 6.01. The number of imidazole rings is 1. The molecule has 0 saturated carbocycles. The van der Waals surface area contributed by atoms with Crippen molar-refractivity contribution in [1.82, 2.24) is 9.38 Å². The van der Waals surface area contributed by atoms with E-state index in [9.17, 15) is 0 Å². The average molecular weight is 263 g/mol. The van der Waals surface area contributed by atoms with E-state index in [0.717, 1.165) is 29.4 Å². The third-order valence-electron chi connectivity index (χ3n) is 3.36. The molecule has 0 aliphatic carbocycles. The fourth-order valence-electron chi connectivity index (χ4n) is 2.32. The van der Waals surface area contributed by atoms with Crippen LogP contribution in [0.25, 0.3) is 5.65 Å². The third-order valence-corrected chi connectivity index (χ3v) is 4.83. The van der Waals surface area contributed by atoms with Gasteiger partial charge < -0.3 is 14.9 Å². The van der Waals surface area contributed by atoms with Crippen LogP contribution in [0, 0.1) is 0 Å². The summed E-state index contributed by atoms with van der Waals surface area (Å²) < 4.78 is 7.67. The van der Waals surface area contributed by atoms with Gasteiger partial charge in [0, 0.05) is 24.6 Å². The van der Waals surface area contributed by atoms with Crippen molar-refractivity contribution in [3.05, 3.63) is 30.1 Å². The highest BCUT2D eigenvalue weighted by Gasteiger charge is 2.27. The minimum Gasteiger partial charge on any atom is -0.377 e. The van der Waals surface area contributed by atoms with Crippen LogP contribution >= 0.6 is 11.8 Å². The maximum atomic E-state index is 5.86. The molecule has 0 spiro atoms. The quantitative estimate of drug-likeness (QED) is 0.921. The molecule has 5 heteroatoms. The minimum absolute atomic E-state index is 0.297. The largest absolute Gasteiger partial charge is 0.377 e. The van der Waals surface area contributed by atoms with E-state index < -0.39 is 0 Å². The van der Waals surface area contributed by atoms with E-state index in [4.69, 9.17) is 10.5 Å². The lowest BCUT2D eigenvalue weighted by molar-refractivity contribution is 0.127.